The number of anilines is 3. The maximum Gasteiger partial charge on any atom is 0.229 e. The Hall–Kier alpha value is -2.54. The second kappa shape index (κ2) is 6.40. The van der Waals surface area contributed by atoms with Crippen molar-refractivity contribution in [2.75, 3.05) is 30.4 Å². The van der Waals surface area contributed by atoms with Gasteiger partial charge in [0.15, 0.2) is 5.65 Å². The zero-order chi connectivity index (χ0) is 17.4. The molecule has 1 aliphatic heterocycles. The molecule has 0 atom stereocenters. The lowest BCUT2D eigenvalue weighted by Gasteiger charge is -2.17. The Labute approximate surface area is 150 Å². The summed E-state index contributed by atoms with van der Waals surface area (Å²) in [4.78, 5) is 11.6. The van der Waals surface area contributed by atoms with Crippen molar-refractivity contribution in [1.82, 2.24) is 19.7 Å². The van der Waals surface area contributed by atoms with Crippen LogP contribution in [0.25, 0.3) is 11.0 Å². The fraction of sp³-hybridized carbons (Fsp3) is 0.353. The van der Waals surface area contributed by atoms with Crippen LogP contribution in [0.5, 0.6) is 5.75 Å². The molecule has 8 heteroatoms. The largest absolute Gasteiger partial charge is 0.495 e. The SMILES string of the molecule is COc1ccc(Nc2nc(N3CCCC3)nc3c2cnn3C)cc1Cl. The molecule has 25 heavy (non-hydrogen) atoms. The Kier molecular flexibility index (Phi) is 4.09. The van der Waals surface area contributed by atoms with E-state index in [4.69, 9.17) is 26.3 Å². The summed E-state index contributed by atoms with van der Waals surface area (Å²) in [6, 6.07) is 5.55. The summed E-state index contributed by atoms with van der Waals surface area (Å²) in [5.41, 5.74) is 1.64. The fourth-order valence-electron chi connectivity index (χ4n) is 3.05. The molecule has 4 rings (SSSR count). The smallest absolute Gasteiger partial charge is 0.229 e. The predicted octanol–water partition coefficient (Wildman–Crippen LogP) is 3.37. The molecule has 0 aliphatic carbocycles. The monoisotopic (exact) mass is 358 g/mol. The standard InChI is InChI=1S/C17H19ClN6O/c1-23-16-12(10-19-23)15(21-17(22-16)24-7-3-4-8-24)20-11-5-6-14(25-2)13(18)9-11/h5-6,9-10H,3-4,7-8H2,1-2H3,(H,20,21,22). The van der Waals surface area contributed by atoms with Crippen molar-refractivity contribution < 1.29 is 4.74 Å². The van der Waals surface area contributed by atoms with E-state index >= 15 is 0 Å². The van der Waals surface area contributed by atoms with Gasteiger partial charge in [0.05, 0.1) is 23.7 Å². The first-order valence-corrected chi connectivity index (χ1v) is 8.59. The van der Waals surface area contributed by atoms with E-state index in [0.717, 1.165) is 41.6 Å². The van der Waals surface area contributed by atoms with Crippen LogP contribution < -0.4 is 15.0 Å². The molecule has 130 valence electrons. The minimum absolute atomic E-state index is 0.545. The first-order chi connectivity index (χ1) is 12.2. The van der Waals surface area contributed by atoms with E-state index in [0.29, 0.717) is 10.8 Å². The van der Waals surface area contributed by atoms with E-state index in [1.165, 1.54) is 12.8 Å². The minimum Gasteiger partial charge on any atom is -0.495 e. The molecule has 1 N–H and O–H groups in total. The van der Waals surface area contributed by atoms with Crippen LogP contribution >= 0.6 is 11.6 Å². The molecule has 0 unspecified atom stereocenters. The predicted molar refractivity (Wildman–Crippen MR) is 99.0 cm³/mol. The molecular weight excluding hydrogens is 340 g/mol. The summed E-state index contributed by atoms with van der Waals surface area (Å²) in [7, 11) is 3.48. The van der Waals surface area contributed by atoms with Gasteiger partial charge in [0.25, 0.3) is 0 Å². The maximum atomic E-state index is 6.23. The summed E-state index contributed by atoms with van der Waals surface area (Å²) in [5, 5.41) is 9.08. The van der Waals surface area contributed by atoms with Crippen LogP contribution in [0, 0.1) is 0 Å². The van der Waals surface area contributed by atoms with Gasteiger partial charge in [-0.3, -0.25) is 4.68 Å². The van der Waals surface area contributed by atoms with Crippen molar-refractivity contribution in [2.45, 2.75) is 12.8 Å². The molecule has 0 spiro atoms. The Morgan fingerprint density at radius 3 is 2.72 bits per heavy atom. The molecule has 1 saturated heterocycles. The summed E-state index contributed by atoms with van der Waals surface area (Å²) in [5.74, 6) is 2.09. The molecule has 3 aromatic rings. The van der Waals surface area contributed by atoms with Gasteiger partial charge in [0.2, 0.25) is 5.95 Å². The molecule has 0 saturated carbocycles. The number of methoxy groups -OCH3 is 1. The van der Waals surface area contributed by atoms with Crippen molar-refractivity contribution >= 4 is 40.1 Å². The van der Waals surface area contributed by atoms with Crippen LogP contribution in [0.3, 0.4) is 0 Å². The minimum atomic E-state index is 0.545. The normalized spacial score (nSPS) is 14.3. The number of halogens is 1. The number of benzene rings is 1. The third-order valence-electron chi connectivity index (χ3n) is 4.38. The van der Waals surface area contributed by atoms with Gasteiger partial charge in [-0.05, 0) is 31.0 Å². The van der Waals surface area contributed by atoms with Gasteiger partial charge >= 0.3 is 0 Å². The highest BCUT2D eigenvalue weighted by atomic mass is 35.5. The van der Waals surface area contributed by atoms with Crippen molar-refractivity contribution in [3.05, 3.63) is 29.4 Å². The van der Waals surface area contributed by atoms with E-state index in [1.807, 2.05) is 25.2 Å². The van der Waals surface area contributed by atoms with Crippen molar-refractivity contribution in [3.8, 4) is 5.75 Å². The van der Waals surface area contributed by atoms with E-state index < -0.39 is 0 Å². The average molecular weight is 359 g/mol. The van der Waals surface area contributed by atoms with Crippen LogP contribution in [-0.2, 0) is 7.05 Å². The van der Waals surface area contributed by atoms with Gasteiger partial charge in [-0.2, -0.15) is 15.1 Å². The lowest BCUT2D eigenvalue weighted by Crippen LogP contribution is -2.21. The second-order valence-electron chi connectivity index (χ2n) is 6.05. The molecule has 0 radical (unpaired) electrons. The number of aromatic nitrogens is 4. The number of rotatable bonds is 4. The van der Waals surface area contributed by atoms with Gasteiger partial charge < -0.3 is 15.0 Å². The zero-order valence-electron chi connectivity index (χ0n) is 14.2. The molecule has 1 fully saturated rings. The maximum absolute atomic E-state index is 6.23. The van der Waals surface area contributed by atoms with Gasteiger partial charge in [0.1, 0.15) is 11.6 Å². The molecule has 7 nitrogen and oxygen atoms in total. The highest BCUT2D eigenvalue weighted by Crippen LogP contribution is 2.31. The van der Waals surface area contributed by atoms with Gasteiger partial charge in [0, 0.05) is 25.8 Å². The highest BCUT2D eigenvalue weighted by molar-refractivity contribution is 6.32. The lowest BCUT2D eigenvalue weighted by atomic mass is 10.3. The molecule has 0 bridgehead atoms. The number of nitrogens with zero attached hydrogens (tertiary/aromatic N) is 5. The highest BCUT2D eigenvalue weighted by Gasteiger charge is 2.19. The number of fused-ring (bicyclic) bond motifs is 1. The van der Waals surface area contributed by atoms with E-state index in [-0.39, 0.29) is 0 Å². The first kappa shape index (κ1) is 16.0. The number of aryl methyl sites for hydroxylation is 1. The summed E-state index contributed by atoms with van der Waals surface area (Å²) >= 11 is 6.23. The summed E-state index contributed by atoms with van der Waals surface area (Å²) in [6.45, 7) is 1.97. The van der Waals surface area contributed by atoms with Gasteiger partial charge in [-0.15, -0.1) is 0 Å². The first-order valence-electron chi connectivity index (χ1n) is 8.21. The average Bonchev–Trinajstić information content (AvgIpc) is 3.26. The van der Waals surface area contributed by atoms with Crippen LogP contribution in [0.15, 0.2) is 24.4 Å². The molecule has 3 heterocycles. The second-order valence-corrected chi connectivity index (χ2v) is 6.45. The van der Waals surface area contributed by atoms with E-state index in [9.17, 15) is 0 Å². The Morgan fingerprint density at radius 2 is 2.00 bits per heavy atom. The Morgan fingerprint density at radius 1 is 1.20 bits per heavy atom. The fourth-order valence-corrected chi connectivity index (χ4v) is 3.30. The molecule has 1 aliphatic rings. The summed E-state index contributed by atoms with van der Waals surface area (Å²) in [6.07, 6.45) is 4.11. The van der Waals surface area contributed by atoms with Crippen LogP contribution in [-0.4, -0.2) is 39.9 Å². The lowest BCUT2D eigenvalue weighted by molar-refractivity contribution is 0.415. The number of nitrogens with one attached hydrogen (secondary N) is 1. The van der Waals surface area contributed by atoms with Crippen molar-refractivity contribution in [1.29, 1.82) is 0 Å². The van der Waals surface area contributed by atoms with Crippen molar-refractivity contribution in [2.24, 2.45) is 7.05 Å². The Bertz CT molecular complexity index is 919. The van der Waals surface area contributed by atoms with Crippen LogP contribution in [0.4, 0.5) is 17.5 Å². The molecule has 1 aromatic carbocycles. The van der Waals surface area contributed by atoms with Gasteiger partial charge in [-0.1, -0.05) is 11.6 Å². The Balaban J connectivity index is 1.76. The van der Waals surface area contributed by atoms with Crippen molar-refractivity contribution in [3.63, 3.8) is 0 Å². The number of hydrogen-bond acceptors (Lipinski definition) is 6. The zero-order valence-corrected chi connectivity index (χ0v) is 14.9. The van der Waals surface area contributed by atoms with Gasteiger partial charge in [-0.25, -0.2) is 0 Å². The van der Waals surface area contributed by atoms with E-state index in [1.54, 1.807) is 18.0 Å². The number of ether oxygens (including phenoxy) is 1. The topological polar surface area (TPSA) is 68.1 Å². The third-order valence-corrected chi connectivity index (χ3v) is 4.68. The van der Waals surface area contributed by atoms with Crippen LogP contribution in [0.2, 0.25) is 5.02 Å². The number of hydrogen-bond donors (Lipinski definition) is 1. The molecule has 2 aromatic heterocycles. The molecule has 0 amide bonds. The quantitative estimate of drug-likeness (QED) is 0.771. The van der Waals surface area contributed by atoms with Crippen LogP contribution in [0.1, 0.15) is 12.8 Å². The molecular formula is C17H19ClN6O. The third kappa shape index (κ3) is 2.95. The summed E-state index contributed by atoms with van der Waals surface area (Å²) < 4.78 is 6.97. The van der Waals surface area contributed by atoms with E-state index in [2.05, 4.69) is 15.3 Å².